The maximum atomic E-state index is 4.21. The van der Waals surface area contributed by atoms with Crippen LogP contribution < -0.4 is 0 Å². The minimum atomic E-state index is 0.566. The molecule has 0 aliphatic heterocycles. The van der Waals surface area contributed by atoms with E-state index in [1.807, 2.05) is 11.6 Å². The molecule has 0 fully saturated rings. The molecule has 0 aromatic heterocycles. The topological polar surface area (TPSA) is 3.24 Å². The van der Waals surface area contributed by atoms with E-state index < -0.39 is 0 Å². The monoisotopic (exact) mass is 199 g/mol. The van der Waals surface area contributed by atoms with E-state index in [4.69, 9.17) is 0 Å². The van der Waals surface area contributed by atoms with Crippen LogP contribution >= 0.6 is 12.6 Å². The summed E-state index contributed by atoms with van der Waals surface area (Å²) >= 11 is 4.21. The minimum absolute atomic E-state index is 0.566. The molecule has 0 atom stereocenters. The first-order valence-corrected chi connectivity index (χ1v) is 5.37. The molecule has 0 unspecified atom stereocenters. The van der Waals surface area contributed by atoms with Gasteiger partial charge in [-0.15, -0.1) is 0 Å². The summed E-state index contributed by atoms with van der Waals surface area (Å²) in [6, 6.07) is 0. The molecule has 0 radical (unpaired) electrons. The Kier molecular flexibility index (Phi) is 6.87. The molecule has 0 rings (SSSR count). The van der Waals surface area contributed by atoms with Crippen molar-refractivity contribution in [3.05, 3.63) is 23.8 Å². The maximum absolute atomic E-state index is 4.21. The quantitative estimate of drug-likeness (QED) is 0.642. The van der Waals surface area contributed by atoms with Gasteiger partial charge < -0.3 is 4.90 Å². The molecule has 0 aliphatic rings. The highest BCUT2D eigenvalue weighted by Gasteiger charge is 2.05. The Balaban J connectivity index is 4.12. The van der Waals surface area contributed by atoms with Crippen molar-refractivity contribution in [3.8, 4) is 0 Å². The molecule has 1 nitrogen and oxygen atoms in total. The third-order valence-electron chi connectivity index (χ3n) is 2.06. The van der Waals surface area contributed by atoms with Crippen LogP contribution in [-0.2, 0) is 0 Å². The normalized spacial score (nSPS) is 11.9. The van der Waals surface area contributed by atoms with Crippen LogP contribution in [0.2, 0.25) is 0 Å². The average molecular weight is 199 g/mol. The Labute approximate surface area is 87.9 Å². The molecule has 0 aliphatic carbocycles. The van der Waals surface area contributed by atoms with Crippen LogP contribution in [0.15, 0.2) is 23.8 Å². The number of thiol groups is 1. The average Bonchev–Trinajstić information content (AvgIpc) is 2.11. The lowest BCUT2D eigenvalue weighted by Crippen LogP contribution is -2.22. The summed E-state index contributed by atoms with van der Waals surface area (Å²) in [4.78, 5) is 2.22. The zero-order valence-corrected chi connectivity index (χ0v) is 9.85. The van der Waals surface area contributed by atoms with Crippen molar-refractivity contribution in [3.63, 3.8) is 0 Å². The van der Waals surface area contributed by atoms with Gasteiger partial charge in [0.1, 0.15) is 0 Å². The number of nitrogens with zero attached hydrogens (tertiary/aromatic N) is 1. The largest absolute Gasteiger partial charge is 0.374 e. The Morgan fingerprint density at radius 3 is 2.46 bits per heavy atom. The van der Waals surface area contributed by atoms with Crippen LogP contribution in [0.4, 0.5) is 0 Å². The lowest BCUT2D eigenvalue weighted by molar-refractivity contribution is 0.395. The number of rotatable bonds is 6. The van der Waals surface area contributed by atoms with Crippen LogP contribution in [0, 0.1) is 5.92 Å². The third kappa shape index (κ3) is 5.04. The molecule has 13 heavy (non-hydrogen) atoms. The fraction of sp³-hybridized carbons (Fsp3) is 0.636. The van der Waals surface area contributed by atoms with Crippen molar-refractivity contribution in [2.75, 3.05) is 13.1 Å². The molecule has 0 amide bonds. The van der Waals surface area contributed by atoms with Crippen molar-refractivity contribution in [1.82, 2.24) is 4.90 Å². The van der Waals surface area contributed by atoms with Gasteiger partial charge in [0, 0.05) is 13.1 Å². The van der Waals surface area contributed by atoms with Gasteiger partial charge in [-0.3, -0.25) is 0 Å². The SMILES string of the molecule is C=CN(CCC)C/C(=C/S)C(C)C. The maximum Gasteiger partial charge on any atom is 0.0393 e. The van der Waals surface area contributed by atoms with Crippen molar-refractivity contribution in [1.29, 1.82) is 0 Å². The van der Waals surface area contributed by atoms with Gasteiger partial charge in [-0.25, -0.2) is 0 Å². The van der Waals surface area contributed by atoms with Crippen molar-refractivity contribution >= 4 is 12.6 Å². The van der Waals surface area contributed by atoms with Gasteiger partial charge in [0.2, 0.25) is 0 Å². The van der Waals surface area contributed by atoms with Gasteiger partial charge in [-0.2, -0.15) is 12.6 Å². The smallest absolute Gasteiger partial charge is 0.0393 e. The molecule has 2 heteroatoms. The lowest BCUT2D eigenvalue weighted by Gasteiger charge is -2.22. The minimum Gasteiger partial charge on any atom is -0.374 e. The van der Waals surface area contributed by atoms with Gasteiger partial charge in [-0.1, -0.05) is 27.4 Å². The predicted octanol–water partition coefficient (Wildman–Crippen LogP) is 3.31. The van der Waals surface area contributed by atoms with Gasteiger partial charge in [0.15, 0.2) is 0 Å². The summed E-state index contributed by atoms with van der Waals surface area (Å²) < 4.78 is 0. The van der Waals surface area contributed by atoms with Crippen molar-refractivity contribution in [2.45, 2.75) is 27.2 Å². The second-order valence-electron chi connectivity index (χ2n) is 3.51. The Morgan fingerprint density at radius 1 is 1.54 bits per heavy atom. The van der Waals surface area contributed by atoms with E-state index in [9.17, 15) is 0 Å². The van der Waals surface area contributed by atoms with Gasteiger partial charge in [-0.05, 0) is 29.5 Å². The van der Waals surface area contributed by atoms with Crippen LogP contribution in [-0.4, -0.2) is 18.0 Å². The molecule has 0 saturated heterocycles. The number of hydrogen-bond donors (Lipinski definition) is 1. The molecule has 0 spiro atoms. The van der Waals surface area contributed by atoms with Gasteiger partial charge in [0.25, 0.3) is 0 Å². The zero-order valence-electron chi connectivity index (χ0n) is 8.95. The summed E-state index contributed by atoms with van der Waals surface area (Å²) in [5, 5.41) is 1.91. The highest BCUT2D eigenvalue weighted by Crippen LogP contribution is 2.12. The van der Waals surface area contributed by atoms with Crippen LogP contribution in [0.3, 0.4) is 0 Å². The van der Waals surface area contributed by atoms with E-state index in [-0.39, 0.29) is 0 Å². The van der Waals surface area contributed by atoms with Crippen LogP contribution in [0.1, 0.15) is 27.2 Å². The van der Waals surface area contributed by atoms with E-state index >= 15 is 0 Å². The molecule has 0 aromatic carbocycles. The van der Waals surface area contributed by atoms with E-state index in [1.54, 1.807) is 0 Å². The predicted molar refractivity (Wildman–Crippen MR) is 64.0 cm³/mol. The van der Waals surface area contributed by atoms with E-state index in [2.05, 4.69) is 44.9 Å². The van der Waals surface area contributed by atoms with E-state index in [0.29, 0.717) is 5.92 Å². The lowest BCUT2D eigenvalue weighted by atomic mass is 10.1. The molecular weight excluding hydrogens is 178 g/mol. The second kappa shape index (κ2) is 7.07. The molecule has 76 valence electrons. The van der Waals surface area contributed by atoms with Crippen LogP contribution in [0.25, 0.3) is 0 Å². The summed E-state index contributed by atoms with van der Waals surface area (Å²) in [5.41, 5.74) is 1.36. The van der Waals surface area contributed by atoms with Gasteiger partial charge in [0.05, 0.1) is 0 Å². The second-order valence-corrected chi connectivity index (χ2v) is 3.77. The molecule has 0 N–H and O–H groups in total. The first kappa shape index (κ1) is 12.6. The third-order valence-corrected chi connectivity index (χ3v) is 2.39. The van der Waals surface area contributed by atoms with Gasteiger partial charge >= 0.3 is 0 Å². The van der Waals surface area contributed by atoms with Crippen LogP contribution in [0.5, 0.6) is 0 Å². The first-order valence-electron chi connectivity index (χ1n) is 4.85. The van der Waals surface area contributed by atoms with Crippen molar-refractivity contribution < 1.29 is 0 Å². The first-order chi connectivity index (χ1) is 6.15. The summed E-state index contributed by atoms with van der Waals surface area (Å²) in [5.74, 6) is 0.566. The fourth-order valence-corrected chi connectivity index (χ4v) is 1.51. The zero-order chi connectivity index (χ0) is 10.3. The number of hydrogen-bond acceptors (Lipinski definition) is 2. The summed E-state index contributed by atoms with van der Waals surface area (Å²) in [6.45, 7) is 12.4. The van der Waals surface area contributed by atoms with E-state index in [1.165, 1.54) is 5.57 Å². The molecular formula is C11H21NS. The summed E-state index contributed by atoms with van der Waals surface area (Å²) in [6.07, 6.45) is 3.06. The Bertz CT molecular complexity index is 173. The van der Waals surface area contributed by atoms with E-state index in [0.717, 1.165) is 19.5 Å². The highest BCUT2D eigenvalue weighted by atomic mass is 32.1. The summed E-state index contributed by atoms with van der Waals surface area (Å²) in [7, 11) is 0. The molecule has 0 aromatic rings. The molecule has 0 saturated carbocycles. The molecule has 0 heterocycles. The highest BCUT2D eigenvalue weighted by molar-refractivity contribution is 7.83. The Hall–Kier alpha value is -0.370. The van der Waals surface area contributed by atoms with Crippen molar-refractivity contribution in [2.24, 2.45) is 5.92 Å². The standard InChI is InChI=1S/C11H21NS/c1-5-7-12(6-2)8-11(9-13)10(3)4/h6,9-10,13H,2,5,7-8H2,1,3-4H3/b11-9-. The molecule has 0 bridgehead atoms. The Morgan fingerprint density at radius 2 is 2.15 bits per heavy atom. The fourth-order valence-electron chi connectivity index (χ4n) is 1.13.